The summed E-state index contributed by atoms with van der Waals surface area (Å²) < 4.78 is 1.85. The second-order valence-corrected chi connectivity index (χ2v) is 3.87. The number of imidazole rings is 1. The number of hydrogen-bond acceptors (Lipinski definition) is 4. The summed E-state index contributed by atoms with van der Waals surface area (Å²) in [5.74, 6) is 0.596. The summed E-state index contributed by atoms with van der Waals surface area (Å²) in [6.07, 6.45) is 5.08. The van der Waals surface area contributed by atoms with E-state index in [4.69, 9.17) is 5.73 Å². The Morgan fingerprint density at radius 2 is 2.18 bits per heavy atom. The van der Waals surface area contributed by atoms with E-state index in [0.717, 1.165) is 16.9 Å². The third-order valence-corrected chi connectivity index (χ3v) is 2.64. The van der Waals surface area contributed by atoms with Crippen LogP contribution in [0.15, 0.2) is 36.9 Å². The van der Waals surface area contributed by atoms with E-state index in [2.05, 4.69) is 15.0 Å². The second kappa shape index (κ2) is 3.55. The van der Waals surface area contributed by atoms with E-state index >= 15 is 0 Å². The number of anilines is 1. The zero-order chi connectivity index (χ0) is 11.8. The van der Waals surface area contributed by atoms with Gasteiger partial charge >= 0.3 is 0 Å². The van der Waals surface area contributed by atoms with Crippen molar-refractivity contribution >= 4 is 11.5 Å². The fraction of sp³-hybridized carbons (Fsp3) is 0.0833. The Morgan fingerprint density at radius 1 is 1.29 bits per heavy atom. The molecule has 0 aliphatic rings. The molecule has 3 heterocycles. The molecule has 5 nitrogen and oxygen atoms in total. The Bertz CT molecular complexity index is 672. The molecular formula is C12H11N5. The summed E-state index contributed by atoms with van der Waals surface area (Å²) in [4.78, 5) is 12.5. The van der Waals surface area contributed by atoms with Crippen LogP contribution < -0.4 is 5.73 Å². The third-order valence-electron chi connectivity index (χ3n) is 2.64. The van der Waals surface area contributed by atoms with Crippen LogP contribution >= 0.6 is 0 Å². The first-order valence-corrected chi connectivity index (χ1v) is 5.26. The SMILES string of the molecule is Cc1ccn2c(N)c(-c3ccncn3)nc2c1. The number of hydrogen-bond donors (Lipinski definition) is 1. The average Bonchev–Trinajstić information content (AvgIpc) is 2.67. The predicted octanol–water partition coefficient (Wildman–Crippen LogP) is 1.68. The molecule has 0 saturated heterocycles. The molecule has 2 N–H and O–H groups in total. The molecule has 3 rings (SSSR count). The Labute approximate surface area is 98.0 Å². The fourth-order valence-corrected chi connectivity index (χ4v) is 1.78. The van der Waals surface area contributed by atoms with Crippen molar-refractivity contribution in [2.45, 2.75) is 6.92 Å². The maximum absolute atomic E-state index is 6.06. The molecule has 0 radical (unpaired) electrons. The molecule has 0 aliphatic heterocycles. The lowest BCUT2D eigenvalue weighted by molar-refractivity contribution is 1.16. The van der Waals surface area contributed by atoms with Crippen molar-refractivity contribution in [3.63, 3.8) is 0 Å². The van der Waals surface area contributed by atoms with Gasteiger partial charge < -0.3 is 5.73 Å². The van der Waals surface area contributed by atoms with E-state index in [1.54, 1.807) is 12.3 Å². The van der Waals surface area contributed by atoms with Crippen molar-refractivity contribution in [1.82, 2.24) is 19.4 Å². The summed E-state index contributed by atoms with van der Waals surface area (Å²) in [6, 6.07) is 5.78. The lowest BCUT2D eigenvalue weighted by atomic mass is 10.3. The van der Waals surface area contributed by atoms with Gasteiger partial charge in [-0.2, -0.15) is 0 Å². The predicted molar refractivity (Wildman–Crippen MR) is 65.4 cm³/mol. The van der Waals surface area contributed by atoms with E-state index < -0.39 is 0 Å². The van der Waals surface area contributed by atoms with Crippen molar-refractivity contribution in [3.8, 4) is 11.4 Å². The van der Waals surface area contributed by atoms with Gasteiger partial charge in [0.15, 0.2) is 0 Å². The summed E-state index contributed by atoms with van der Waals surface area (Å²) >= 11 is 0. The lowest BCUT2D eigenvalue weighted by Crippen LogP contribution is -1.94. The van der Waals surface area contributed by atoms with Gasteiger partial charge in [0.2, 0.25) is 0 Å². The minimum Gasteiger partial charge on any atom is -0.383 e. The van der Waals surface area contributed by atoms with E-state index in [1.165, 1.54) is 6.33 Å². The van der Waals surface area contributed by atoms with Crippen LogP contribution in [-0.2, 0) is 0 Å². The molecule has 0 fully saturated rings. The molecule has 84 valence electrons. The Hall–Kier alpha value is -2.43. The number of nitrogen functional groups attached to an aromatic ring is 1. The van der Waals surface area contributed by atoms with Crippen LogP contribution in [0.3, 0.4) is 0 Å². The van der Waals surface area contributed by atoms with Gasteiger partial charge in [-0.3, -0.25) is 4.40 Å². The maximum Gasteiger partial charge on any atom is 0.139 e. The fourth-order valence-electron chi connectivity index (χ4n) is 1.78. The van der Waals surface area contributed by atoms with E-state index in [0.29, 0.717) is 11.5 Å². The van der Waals surface area contributed by atoms with Crippen molar-refractivity contribution in [1.29, 1.82) is 0 Å². The van der Waals surface area contributed by atoms with Crippen LogP contribution in [-0.4, -0.2) is 19.4 Å². The second-order valence-electron chi connectivity index (χ2n) is 3.87. The number of rotatable bonds is 1. The normalized spacial score (nSPS) is 10.9. The van der Waals surface area contributed by atoms with E-state index in [1.807, 2.05) is 29.7 Å². The molecule has 0 amide bonds. The molecule has 3 aromatic rings. The number of aromatic nitrogens is 4. The zero-order valence-corrected chi connectivity index (χ0v) is 9.33. The van der Waals surface area contributed by atoms with Gasteiger partial charge in [-0.15, -0.1) is 0 Å². The maximum atomic E-state index is 6.06. The minimum atomic E-state index is 0.596. The van der Waals surface area contributed by atoms with Gasteiger partial charge in [-0.25, -0.2) is 15.0 Å². The first-order chi connectivity index (χ1) is 8.25. The first-order valence-electron chi connectivity index (χ1n) is 5.26. The van der Waals surface area contributed by atoms with Crippen LogP contribution in [0, 0.1) is 6.92 Å². The van der Waals surface area contributed by atoms with E-state index in [-0.39, 0.29) is 0 Å². The van der Waals surface area contributed by atoms with Gasteiger partial charge in [0.25, 0.3) is 0 Å². The lowest BCUT2D eigenvalue weighted by Gasteiger charge is -1.98. The van der Waals surface area contributed by atoms with Gasteiger partial charge in [-0.05, 0) is 30.7 Å². The van der Waals surface area contributed by atoms with Crippen molar-refractivity contribution in [2.75, 3.05) is 5.73 Å². The van der Waals surface area contributed by atoms with Crippen molar-refractivity contribution in [2.24, 2.45) is 0 Å². The number of nitrogens with two attached hydrogens (primary N) is 1. The monoisotopic (exact) mass is 225 g/mol. The van der Waals surface area contributed by atoms with Crippen LogP contribution in [0.1, 0.15) is 5.56 Å². The van der Waals surface area contributed by atoms with Crippen molar-refractivity contribution < 1.29 is 0 Å². The van der Waals surface area contributed by atoms with Gasteiger partial charge in [0.1, 0.15) is 23.5 Å². The highest BCUT2D eigenvalue weighted by Crippen LogP contribution is 2.24. The molecule has 0 bridgehead atoms. The van der Waals surface area contributed by atoms with E-state index in [9.17, 15) is 0 Å². The van der Waals surface area contributed by atoms with Crippen LogP contribution in [0.2, 0.25) is 0 Å². The first kappa shape index (κ1) is 9.77. The quantitative estimate of drug-likeness (QED) is 0.684. The minimum absolute atomic E-state index is 0.596. The molecule has 0 atom stereocenters. The number of nitrogens with zero attached hydrogens (tertiary/aromatic N) is 4. The number of aryl methyl sites for hydroxylation is 1. The highest BCUT2D eigenvalue weighted by molar-refractivity contribution is 5.72. The van der Waals surface area contributed by atoms with Crippen LogP contribution in [0.4, 0.5) is 5.82 Å². The summed E-state index contributed by atoms with van der Waals surface area (Å²) in [5.41, 5.74) is 9.47. The van der Waals surface area contributed by atoms with Gasteiger partial charge in [0, 0.05) is 12.4 Å². The summed E-state index contributed by atoms with van der Waals surface area (Å²) in [5, 5.41) is 0. The highest BCUT2D eigenvalue weighted by Gasteiger charge is 2.11. The van der Waals surface area contributed by atoms with Crippen molar-refractivity contribution in [3.05, 3.63) is 42.5 Å². The number of pyridine rings is 1. The topological polar surface area (TPSA) is 69.1 Å². The molecule has 0 aliphatic carbocycles. The van der Waals surface area contributed by atoms with Crippen LogP contribution in [0.25, 0.3) is 17.0 Å². The highest BCUT2D eigenvalue weighted by atomic mass is 15.1. The van der Waals surface area contributed by atoms with Crippen LogP contribution in [0.5, 0.6) is 0 Å². The summed E-state index contributed by atoms with van der Waals surface area (Å²) in [7, 11) is 0. The standard InChI is InChI=1S/C12H11N5/c1-8-3-5-17-10(6-8)16-11(12(17)13)9-2-4-14-7-15-9/h2-7H,13H2,1H3. The average molecular weight is 225 g/mol. The van der Waals surface area contributed by atoms with Gasteiger partial charge in [0.05, 0.1) is 5.69 Å². The molecule has 0 saturated carbocycles. The molecule has 5 heteroatoms. The van der Waals surface area contributed by atoms with Gasteiger partial charge in [-0.1, -0.05) is 0 Å². The third kappa shape index (κ3) is 1.52. The largest absolute Gasteiger partial charge is 0.383 e. The molecule has 0 aromatic carbocycles. The molecule has 3 aromatic heterocycles. The Morgan fingerprint density at radius 3 is 2.94 bits per heavy atom. The zero-order valence-electron chi connectivity index (χ0n) is 9.33. The smallest absolute Gasteiger partial charge is 0.139 e. The summed E-state index contributed by atoms with van der Waals surface area (Å²) in [6.45, 7) is 2.02. The molecule has 17 heavy (non-hydrogen) atoms. The molecule has 0 unspecified atom stereocenters. The Balaban J connectivity index is 2.28. The number of fused-ring (bicyclic) bond motifs is 1. The Kier molecular flexibility index (Phi) is 2.04. The molecule has 0 spiro atoms. The molecular weight excluding hydrogens is 214 g/mol.